The van der Waals surface area contributed by atoms with Crippen LogP contribution in [0.3, 0.4) is 0 Å². The topological polar surface area (TPSA) is 76.1 Å². The first-order valence-corrected chi connectivity index (χ1v) is 7.59. The second kappa shape index (κ2) is 6.58. The first kappa shape index (κ1) is 17.3. The second-order valence-corrected chi connectivity index (χ2v) is 5.85. The summed E-state index contributed by atoms with van der Waals surface area (Å²) in [7, 11) is 4.71. The fraction of sp³-hybridized carbons (Fsp3) is 0.529. The van der Waals surface area contributed by atoms with Gasteiger partial charge in [-0.05, 0) is 37.6 Å². The normalized spacial score (nSPS) is 27.7. The Morgan fingerprint density at radius 3 is 2.35 bits per heavy atom. The van der Waals surface area contributed by atoms with Crippen molar-refractivity contribution in [2.24, 2.45) is 5.92 Å². The molecule has 1 fully saturated rings. The van der Waals surface area contributed by atoms with E-state index in [-0.39, 0.29) is 12.4 Å². The number of likely N-dealkylation sites (tertiary alicyclic amines) is 1. The maximum atomic E-state index is 12.3. The minimum absolute atomic E-state index is 0.235. The zero-order valence-corrected chi connectivity index (χ0v) is 13.9. The molecule has 3 atom stereocenters. The molecule has 0 bridgehead atoms. The third kappa shape index (κ3) is 2.79. The maximum absolute atomic E-state index is 12.3. The fourth-order valence-corrected chi connectivity index (χ4v) is 3.59. The van der Waals surface area contributed by atoms with Crippen LogP contribution in [0.25, 0.3) is 0 Å². The van der Waals surface area contributed by atoms with Crippen LogP contribution in [0.1, 0.15) is 31.4 Å². The number of carboxylic acid groups (broad SMARTS) is 1. The van der Waals surface area contributed by atoms with E-state index >= 15 is 0 Å². The predicted octanol–water partition coefficient (Wildman–Crippen LogP) is 2.09. The summed E-state index contributed by atoms with van der Waals surface area (Å²) in [4.78, 5) is 26.0. The zero-order chi connectivity index (χ0) is 17.2. The lowest BCUT2D eigenvalue weighted by Crippen LogP contribution is -2.49. The van der Waals surface area contributed by atoms with E-state index < -0.39 is 23.5 Å². The van der Waals surface area contributed by atoms with Crippen molar-refractivity contribution in [3.05, 3.63) is 29.8 Å². The van der Waals surface area contributed by atoms with Gasteiger partial charge in [-0.15, -0.1) is 0 Å². The summed E-state index contributed by atoms with van der Waals surface area (Å²) in [5.74, 6) is -1.26. The van der Waals surface area contributed by atoms with Crippen molar-refractivity contribution in [2.45, 2.75) is 31.3 Å². The van der Waals surface area contributed by atoms with Gasteiger partial charge in [0.1, 0.15) is 11.3 Å². The van der Waals surface area contributed by atoms with Gasteiger partial charge in [0.2, 0.25) is 0 Å². The lowest BCUT2D eigenvalue weighted by Gasteiger charge is -2.35. The van der Waals surface area contributed by atoms with Crippen molar-refractivity contribution in [1.82, 2.24) is 4.90 Å². The molecule has 1 aromatic carbocycles. The van der Waals surface area contributed by atoms with Crippen LogP contribution < -0.4 is 4.74 Å². The molecule has 0 amide bonds. The molecule has 0 aliphatic carbocycles. The molecule has 1 heterocycles. The summed E-state index contributed by atoms with van der Waals surface area (Å²) >= 11 is 0. The summed E-state index contributed by atoms with van der Waals surface area (Å²) in [6.45, 7) is 1.88. The van der Waals surface area contributed by atoms with Gasteiger partial charge in [0, 0.05) is 6.04 Å². The Hall–Kier alpha value is -2.08. The number of aliphatic carboxylic acids is 1. The molecule has 0 spiro atoms. The number of likely N-dealkylation sites (N-methyl/N-ethyl adjacent to an activating group) is 1. The average molecular weight is 321 g/mol. The Labute approximate surface area is 136 Å². The number of carboxylic acids is 1. The molecule has 1 aliphatic rings. The molecule has 126 valence electrons. The van der Waals surface area contributed by atoms with Gasteiger partial charge in [-0.1, -0.05) is 19.1 Å². The first-order chi connectivity index (χ1) is 10.9. The van der Waals surface area contributed by atoms with Crippen LogP contribution >= 0.6 is 0 Å². The summed E-state index contributed by atoms with van der Waals surface area (Å²) < 4.78 is 10.1. The van der Waals surface area contributed by atoms with Gasteiger partial charge in [0.15, 0.2) is 0 Å². The molecule has 0 unspecified atom stereocenters. The standard InChI is InChI=1S/C17H23NO5/c1-5-17(16(21)23-4)10-13(15(19)20)14(18(17)2)11-6-8-12(22-3)9-7-11/h6-9,13-14H,5,10H2,1-4H3,(H,19,20)/t13-,14-,17-/m1/s1. The van der Waals surface area contributed by atoms with E-state index in [1.165, 1.54) is 7.11 Å². The number of methoxy groups -OCH3 is 2. The number of ether oxygens (including phenoxy) is 2. The molecule has 1 aromatic rings. The number of nitrogens with zero attached hydrogens (tertiary/aromatic N) is 1. The fourth-order valence-electron chi connectivity index (χ4n) is 3.59. The van der Waals surface area contributed by atoms with Crippen molar-refractivity contribution < 1.29 is 24.2 Å². The van der Waals surface area contributed by atoms with E-state index in [1.54, 1.807) is 26.3 Å². The molecular weight excluding hydrogens is 298 g/mol. The Bertz CT molecular complexity index is 585. The lowest BCUT2D eigenvalue weighted by molar-refractivity contribution is -0.153. The van der Waals surface area contributed by atoms with E-state index in [4.69, 9.17) is 9.47 Å². The third-order valence-corrected chi connectivity index (χ3v) is 4.96. The summed E-state index contributed by atoms with van der Waals surface area (Å²) in [5, 5.41) is 9.64. The monoisotopic (exact) mass is 321 g/mol. The first-order valence-electron chi connectivity index (χ1n) is 7.59. The van der Waals surface area contributed by atoms with Crippen LogP contribution in [0.4, 0.5) is 0 Å². The Morgan fingerprint density at radius 2 is 1.91 bits per heavy atom. The van der Waals surface area contributed by atoms with Crippen LogP contribution in [0, 0.1) is 5.92 Å². The van der Waals surface area contributed by atoms with Crippen molar-refractivity contribution in [1.29, 1.82) is 0 Å². The highest BCUT2D eigenvalue weighted by Crippen LogP contribution is 2.48. The highest BCUT2D eigenvalue weighted by molar-refractivity contribution is 5.84. The van der Waals surface area contributed by atoms with Crippen molar-refractivity contribution in [3.63, 3.8) is 0 Å². The molecule has 1 saturated heterocycles. The molecule has 0 radical (unpaired) electrons. The summed E-state index contributed by atoms with van der Waals surface area (Å²) in [6.07, 6.45) is 0.727. The summed E-state index contributed by atoms with van der Waals surface area (Å²) in [5.41, 5.74) is -0.0671. The van der Waals surface area contributed by atoms with Crippen LogP contribution in [-0.2, 0) is 14.3 Å². The minimum Gasteiger partial charge on any atom is -0.497 e. The highest BCUT2D eigenvalue weighted by atomic mass is 16.5. The lowest BCUT2D eigenvalue weighted by atomic mass is 9.87. The van der Waals surface area contributed by atoms with E-state index in [2.05, 4.69) is 0 Å². The molecule has 2 rings (SSSR count). The molecule has 23 heavy (non-hydrogen) atoms. The van der Waals surface area contributed by atoms with E-state index in [9.17, 15) is 14.7 Å². The van der Waals surface area contributed by atoms with Crippen LogP contribution in [0.15, 0.2) is 24.3 Å². The molecule has 1 aliphatic heterocycles. The number of esters is 1. The maximum Gasteiger partial charge on any atom is 0.326 e. The second-order valence-electron chi connectivity index (χ2n) is 5.85. The SMILES string of the molecule is CC[C@]1(C(=O)OC)C[C@@H](C(=O)O)[C@@H](c2ccc(OC)cc2)N1C. The van der Waals surface area contributed by atoms with Gasteiger partial charge < -0.3 is 14.6 Å². The minimum atomic E-state index is -0.914. The van der Waals surface area contributed by atoms with Gasteiger partial charge in [-0.2, -0.15) is 0 Å². The largest absolute Gasteiger partial charge is 0.497 e. The van der Waals surface area contributed by atoms with Crippen molar-refractivity contribution in [3.8, 4) is 5.75 Å². The van der Waals surface area contributed by atoms with E-state index in [0.717, 1.165) is 5.56 Å². The molecule has 0 saturated carbocycles. The Balaban J connectivity index is 2.46. The van der Waals surface area contributed by atoms with Crippen LogP contribution in [-0.4, -0.2) is 48.8 Å². The van der Waals surface area contributed by atoms with Gasteiger partial charge in [-0.25, -0.2) is 0 Å². The summed E-state index contributed by atoms with van der Waals surface area (Å²) in [6, 6.07) is 6.90. The number of benzene rings is 1. The van der Waals surface area contributed by atoms with Crippen molar-refractivity contribution in [2.75, 3.05) is 21.3 Å². The number of hydrogen-bond donors (Lipinski definition) is 1. The highest BCUT2D eigenvalue weighted by Gasteiger charge is 2.56. The van der Waals surface area contributed by atoms with E-state index in [0.29, 0.717) is 12.2 Å². The Morgan fingerprint density at radius 1 is 1.30 bits per heavy atom. The van der Waals surface area contributed by atoms with Gasteiger partial charge >= 0.3 is 11.9 Å². The average Bonchev–Trinajstić information content (AvgIpc) is 2.88. The van der Waals surface area contributed by atoms with Gasteiger partial charge in [0.05, 0.1) is 20.1 Å². The molecule has 6 nitrogen and oxygen atoms in total. The quantitative estimate of drug-likeness (QED) is 0.837. The van der Waals surface area contributed by atoms with Gasteiger partial charge in [0.25, 0.3) is 0 Å². The molecule has 0 aromatic heterocycles. The zero-order valence-electron chi connectivity index (χ0n) is 13.9. The molecular formula is C17H23NO5. The number of rotatable bonds is 5. The van der Waals surface area contributed by atoms with Crippen LogP contribution in [0.5, 0.6) is 5.75 Å². The third-order valence-electron chi connectivity index (χ3n) is 4.96. The smallest absolute Gasteiger partial charge is 0.326 e. The molecule has 1 N–H and O–H groups in total. The molecule has 6 heteroatoms. The van der Waals surface area contributed by atoms with E-state index in [1.807, 2.05) is 24.0 Å². The van der Waals surface area contributed by atoms with Crippen LogP contribution in [0.2, 0.25) is 0 Å². The number of carbonyl (C=O) groups is 2. The van der Waals surface area contributed by atoms with Crippen molar-refractivity contribution >= 4 is 11.9 Å². The van der Waals surface area contributed by atoms with Gasteiger partial charge in [-0.3, -0.25) is 14.5 Å². The predicted molar refractivity (Wildman–Crippen MR) is 84.3 cm³/mol. The number of carbonyl (C=O) groups excluding carboxylic acids is 1. The Kier molecular flexibility index (Phi) is 4.94. The number of hydrogen-bond acceptors (Lipinski definition) is 5.